The predicted octanol–water partition coefficient (Wildman–Crippen LogP) is 6.34. The second-order valence-electron chi connectivity index (χ2n) is 9.95. The molecule has 0 spiro atoms. The van der Waals surface area contributed by atoms with Crippen molar-refractivity contribution in [1.29, 1.82) is 0 Å². The molecule has 0 aliphatic heterocycles. The molecule has 204 valence electrons. The van der Waals surface area contributed by atoms with Gasteiger partial charge in [0.05, 0.1) is 29.0 Å². The molecule has 1 atom stereocenters. The molecule has 4 aromatic rings. The summed E-state index contributed by atoms with van der Waals surface area (Å²) in [6, 6.07) is 23.7. The molecule has 0 aliphatic carbocycles. The molecule has 39 heavy (non-hydrogen) atoms. The lowest BCUT2D eigenvalue weighted by Crippen LogP contribution is -2.40. The van der Waals surface area contributed by atoms with Crippen molar-refractivity contribution in [2.45, 2.75) is 44.6 Å². The molecular weight excluding hydrogens is 507 g/mol. The lowest BCUT2D eigenvalue weighted by Gasteiger charge is -2.31. The van der Waals surface area contributed by atoms with Crippen molar-refractivity contribution in [2.75, 3.05) is 7.05 Å². The topological polar surface area (TPSA) is 76.4 Å². The SMILES string of the molecule is CNC(C)(c1ccc(OC(C)(C)C(=O)O)cc1)c1cc(-c2ccc(C(F)(F)F)cc2)nn1Cc1ccccc1. The van der Waals surface area contributed by atoms with Crippen LogP contribution in [0.2, 0.25) is 0 Å². The molecule has 0 radical (unpaired) electrons. The van der Waals surface area contributed by atoms with E-state index in [0.717, 1.165) is 29.0 Å². The van der Waals surface area contributed by atoms with Gasteiger partial charge in [-0.05, 0) is 69.3 Å². The first kappa shape index (κ1) is 27.9. The number of hydrogen-bond donors (Lipinski definition) is 2. The maximum Gasteiger partial charge on any atom is 0.416 e. The molecule has 1 heterocycles. The Kier molecular flexibility index (Phi) is 7.57. The van der Waals surface area contributed by atoms with Crippen LogP contribution in [-0.2, 0) is 23.1 Å². The number of hydrogen-bond acceptors (Lipinski definition) is 4. The Morgan fingerprint density at radius 3 is 2.05 bits per heavy atom. The van der Waals surface area contributed by atoms with Crippen LogP contribution in [0.15, 0.2) is 84.9 Å². The number of aliphatic carboxylic acids is 1. The number of carbonyl (C=O) groups is 1. The number of rotatable bonds is 9. The second kappa shape index (κ2) is 10.6. The van der Waals surface area contributed by atoms with Gasteiger partial charge in [0, 0.05) is 5.56 Å². The Bertz CT molecular complexity index is 1430. The fourth-order valence-corrected chi connectivity index (χ4v) is 4.28. The first-order chi connectivity index (χ1) is 18.3. The van der Waals surface area contributed by atoms with Gasteiger partial charge in [-0.1, -0.05) is 54.6 Å². The van der Waals surface area contributed by atoms with Crippen LogP contribution in [0.3, 0.4) is 0 Å². The highest BCUT2D eigenvalue weighted by atomic mass is 19.4. The van der Waals surface area contributed by atoms with Gasteiger partial charge in [0.1, 0.15) is 5.75 Å². The zero-order valence-corrected chi connectivity index (χ0v) is 22.1. The summed E-state index contributed by atoms with van der Waals surface area (Å²) in [6.45, 7) is 5.39. The smallest absolute Gasteiger partial charge is 0.416 e. The molecule has 9 heteroatoms. The van der Waals surface area contributed by atoms with Crippen LogP contribution in [0.5, 0.6) is 5.75 Å². The molecule has 3 aromatic carbocycles. The van der Waals surface area contributed by atoms with Crippen LogP contribution in [0.25, 0.3) is 11.3 Å². The second-order valence-corrected chi connectivity index (χ2v) is 9.95. The van der Waals surface area contributed by atoms with Gasteiger partial charge < -0.3 is 15.2 Å². The maximum atomic E-state index is 13.1. The number of halogens is 3. The summed E-state index contributed by atoms with van der Waals surface area (Å²) >= 11 is 0. The van der Waals surface area contributed by atoms with Gasteiger partial charge >= 0.3 is 12.1 Å². The van der Waals surface area contributed by atoms with Crippen molar-refractivity contribution in [1.82, 2.24) is 15.1 Å². The highest BCUT2D eigenvalue weighted by molar-refractivity contribution is 5.76. The lowest BCUT2D eigenvalue weighted by atomic mass is 9.88. The number of nitrogens with zero attached hydrogens (tertiary/aromatic N) is 2. The third-order valence-electron chi connectivity index (χ3n) is 6.80. The maximum absolute atomic E-state index is 13.1. The molecule has 0 bridgehead atoms. The fourth-order valence-electron chi connectivity index (χ4n) is 4.28. The van der Waals surface area contributed by atoms with Crippen molar-refractivity contribution < 1.29 is 27.8 Å². The Labute approximate surface area is 225 Å². The van der Waals surface area contributed by atoms with Crippen LogP contribution < -0.4 is 10.1 Å². The van der Waals surface area contributed by atoms with Gasteiger partial charge in [-0.15, -0.1) is 0 Å². The molecule has 0 fully saturated rings. The van der Waals surface area contributed by atoms with E-state index >= 15 is 0 Å². The van der Waals surface area contributed by atoms with E-state index in [2.05, 4.69) is 5.32 Å². The zero-order valence-electron chi connectivity index (χ0n) is 22.1. The van der Waals surface area contributed by atoms with Crippen molar-refractivity contribution in [2.24, 2.45) is 0 Å². The monoisotopic (exact) mass is 537 g/mol. The number of ether oxygens (including phenoxy) is 1. The Morgan fingerprint density at radius 2 is 1.51 bits per heavy atom. The third-order valence-corrected chi connectivity index (χ3v) is 6.80. The molecule has 6 nitrogen and oxygen atoms in total. The van der Waals surface area contributed by atoms with Crippen LogP contribution in [0.1, 0.15) is 43.2 Å². The summed E-state index contributed by atoms with van der Waals surface area (Å²) in [5.74, 6) is -0.667. The van der Waals surface area contributed by atoms with Gasteiger partial charge in [-0.25, -0.2) is 4.79 Å². The standard InChI is InChI=1S/C30H30F3N3O3/c1-28(2,27(37)38)39-24-16-14-22(15-17-24)29(3,34-4)26-18-25(21-10-12-23(13-11-21)30(31,32)33)35-36(26)19-20-8-6-5-7-9-20/h5-18,34H,19H2,1-4H3,(H,37,38). The van der Waals surface area contributed by atoms with Crippen LogP contribution >= 0.6 is 0 Å². The predicted molar refractivity (Wildman–Crippen MR) is 143 cm³/mol. The van der Waals surface area contributed by atoms with E-state index in [1.165, 1.54) is 26.0 Å². The van der Waals surface area contributed by atoms with Crippen molar-refractivity contribution >= 4 is 5.97 Å². The molecule has 0 amide bonds. The first-order valence-corrected chi connectivity index (χ1v) is 12.4. The summed E-state index contributed by atoms with van der Waals surface area (Å²) in [5, 5.41) is 17.5. The average Bonchev–Trinajstić information content (AvgIpc) is 3.33. The summed E-state index contributed by atoms with van der Waals surface area (Å²) in [4.78, 5) is 11.5. The van der Waals surface area contributed by atoms with E-state index in [1.54, 1.807) is 12.1 Å². The van der Waals surface area contributed by atoms with E-state index in [9.17, 15) is 23.1 Å². The normalized spacial score (nSPS) is 13.6. The summed E-state index contributed by atoms with van der Waals surface area (Å²) < 4.78 is 46.8. The summed E-state index contributed by atoms with van der Waals surface area (Å²) in [7, 11) is 1.82. The number of carboxylic acid groups (broad SMARTS) is 1. The average molecular weight is 538 g/mol. The van der Waals surface area contributed by atoms with Crippen LogP contribution in [0, 0.1) is 0 Å². The molecule has 0 aliphatic rings. The van der Waals surface area contributed by atoms with Gasteiger partial charge in [-0.3, -0.25) is 4.68 Å². The van der Waals surface area contributed by atoms with E-state index in [-0.39, 0.29) is 0 Å². The first-order valence-electron chi connectivity index (χ1n) is 12.4. The van der Waals surface area contributed by atoms with Gasteiger partial charge in [-0.2, -0.15) is 18.3 Å². The van der Waals surface area contributed by atoms with Gasteiger partial charge in [0.2, 0.25) is 0 Å². The van der Waals surface area contributed by atoms with Crippen LogP contribution in [0.4, 0.5) is 13.2 Å². The highest BCUT2D eigenvalue weighted by Gasteiger charge is 2.34. The molecule has 4 rings (SSSR count). The van der Waals surface area contributed by atoms with Crippen molar-refractivity contribution in [3.63, 3.8) is 0 Å². The van der Waals surface area contributed by atoms with Crippen molar-refractivity contribution in [3.05, 3.63) is 107 Å². The Hall–Kier alpha value is -4.11. The van der Waals surface area contributed by atoms with Crippen molar-refractivity contribution in [3.8, 4) is 17.0 Å². The molecule has 0 saturated carbocycles. The molecule has 1 aromatic heterocycles. The van der Waals surface area contributed by atoms with E-state index in [4.69, 9.17) is 9.84 Å². The van der Waals surface area contributed by atoms with E-state index in [0.29, 0.717) is 23.6 Å². The number of aromatic nitrogens is 2. The fraction of sp³-hybridized carbons (Fsp3) is 0.267. The van der Waals surface area contributed by atoms with Gasteiger partial charge in [0.15, 0.2) is 5.60 Å². The Balaban J connectivity index is 1.76. The third kappa shape index (κ3) is 5.98. The number of benzene rings is 3. The number of alkyl halides is 3. The quantitative estimate of drug-likeness (QED) is 0.261. The largest absolute Gasteiger partial charge is 0.478 e. The number of nitrogens with one attached hydrogen (secondary N) is 1. The van der Waals surface area contributed by atoms with Crippen LogP contribution in [-0.4, -0.2) is 33.5 Å². The highest BCUT2D eigenvalue weighted by Crippen LogP contribution is 2.35. The zero-order chi connectivity index (χ0) is 28.4. The molecule has 2 N–H and O–H groups in total. The summed E-state index contributed by atoms with van der Waals surface area (Å²) in [6.07, 6.45) is -4.42. The minimum atomic E-state index is -4.42. The lowest BCUT2D eigenvalue weighted by molar-refractivity contribution is -0.152. The minimum Gasteiger partial charge on any atom is -0.478 e. The Morgan fingerprint density at radius 1 is 0.923 bits per heavy atom. The van der Waals surface area contributed by atoms with Gasteiger partial charge in [0.25, 0.3) is 0 Å². The number of carboxylic acids is 1. The minimum absolute atomic E-state index is 0.410. The van der Waals surface area contributed by atoms with E-state index < -0.39 is 28.8 Å². The van der Waals surface area contributed by atoms with E-state index in [1.807, 2.05) is 67.2 Å². The molecular formula is C30H30F3N3O3. The molecule has 0 saturated heterocycles. The molecule has 1 unspecified atom stereocenters. The summed E-state index contributed by atoms with van der Waals surface area (Å²) in [5.41, 5.74) is 0.906.